The maximum atomic E-state index is 11.2. The second kappa shape index (κ2) is 4.87. The largest absolute Gasteiger partial charge is 0.380 e. The molecule has 0 atom stereocenters. The Morgan fingerprint density at radius 3 is 2.81 bits per heavy atom. The van der Waals surface area contributed by atoms with Crippen molar-refractivity contribution >= 4 is 17.3 Å². The van der Waals surface area contributed by atoms with Gasteiger partial charge in [-0.3, -0.25) is 4.79 Å². The topological polar surface area (TPSA) is 57.8 Å². The summed E-state index contributed by atoms with van der Waals surface area (Å²) in [5.41, 5.74) is 0.306. The number of halogens is 1. The maximum absolute atomic E-state index is 11.2. The molecule has 1 aliphatic carbocycles. The van der Waals surface area contributed by atoms with Gasteiger partial charge in [-0.05, 0) is 31.6 Å². The van der Waals surface area contributed by atoms with Crippen LogP contribution in [0.2, 0.25) is 5.02 Å². The predicted octanol–water partition coefficient (Wildman–Crippen LogP) is 2.41. The Balaban J connectivity index is 2.04. The minimum atomic E-state index is -0.337. The Bertz CT molecular complexity index is 410. The van der Waals surface area contributed by atoms with E-state index in [1.807, 2.05) is 0 Å². The van der Waals surface area contributed by atoms with Gasteiger partial charge in [-0.1, -0.05) is 18.5 Å². The Morgan fingerprint density at radius 1 is 1.44 bits per heavy atom. The quantitative estimate of drug-likeness (QED) is 0.836. The van der Waals surface area contributed by atoms with Crippen molar-refractivity contribution < 1.29 is 0 Å². The molecule has 2 rings (SSSR count). The number of nitrogens with zero attached hydrogens (tertiary/aromatic N) is 1. The van der Waals surface area contributed by atoms with E-state index in [0.29, 0.717) is 11.7 Å². The second-order valence-corrected chi connectivity index (χ2v) is 4.91. The number of aromatic nitrogens is 2. The van der Waals surface area contributed by atoms with Crippen LogP contribution in [0, 0.1) is 5.92 Å². The van der Waals surface area contributed by atoms with Gasteiger partial charge in [0.25, 0.3) is 5.56 Å². The van der Waals surface area contributed by atoms with Crippen molar-refractivity contribution in [1.29, 1.82) is 0 Å². The third-order valence-corrected chi connectivity index (χ3v) is 3.55. The van der Waals surface area contributed by atoms with Gasteiger partial charge in [0.05, 0.1) is 11.9 Å². The van der Waals surface area contributed by atoms with Crippen LogP contribution < -0.4 is 10.9 Å². The van der Waals surface area contributed by atoms with Crippen molar-refractivity contribution in [2.45, 2.75) is 38.6 Å². The third-order valence-electron chi connectivity index (χ3n) is 3.17. The summed E-state index contributed by atoms with van der Waals surface area (Å²) in [6.45, 7) is 2.28. The van der Waals surface area contributed by atoms with Gasteiger partial charge in [0.15, 0.2) is 0 Å². The number of aromatic amines is 1. The van der Waals surface area contributed by atoms with E-state index in [9.17, 15) is 4.79 Å². The van der Waals surface area contributed by atoms with Crippen LogP contribution in [0.15, 0.2) is 11.0 Å². The van der Waals surface area contributed by atoms with Gasteiger partial charge in [-0.2, -0.15) is 5.10 Å². The molecule has 1 fully saturated rings. The number of rotatable bonds is 2. The fourth-order valence-electron chi connectivity index (χ4n) is 2.11. The lowest BCUT2D eigenvalue weighted by Crippen LogP contribution is -2.26. The Morgan fingerprint density at radius 2 is 2.12 bits per heavy atom. The van der Waals surface area contributed by atoms with E-state index >= 15 is 0 Å². The lowest BCUT2D eigenvalue weighted by Gasteiger charge is -2.27. The van der Waals surface area contributed by atoms with E-state index in [1.165, 1.54) is 12.8 Å². The van der Waals surface area contributed by atoms with Gasteiger partial charge >= 0.3 is 0 Å². The third kappa shape index (κ3) is 2.55. The van der Waals surface area contributed by atoms with Crippen LogP contribution in [-0.4, -0.2) is 16.2 Å². The lowest BCUT2D eigenvalue weighted by molar-refractivity contribution is 0.361. The van der Waals surface area contributed by atoms with Crippen LogP contribution in [0.4, 0.5) is 5.69 Å². The summed E-state index contributed by atoms with van der Waals surface area (Å²) >= 11 is 5.89. The smallest absolute Gasteiger partial charge is 0.285 e. The first-order valence-electron chi connectivity index (χ1n) is 5.66. The molecule has 2 N–H and O–H groups in total. The standard InChI is InChI=1S/C11H16ClN3O/c1-7-2-4-8(5-3-7)14-9-6-13-15-11(16)10(9)12/h6-8H,2-5H2,1H3,(H2,14,15,16). The molecule has 0 spiro atoms. The molecule has 88 valence electrons. The highest BCUT2D eigenvalue weighted by Gasteiger charge is 2.19. The van der Waals surface area contributed by atoms with E-state index < -0.39 is 0 Å². The first-order chi connectivity index (χ1) is 7.66. The van der Waals surface area contributed by atoms with Crippen LogP contribution >= 0.6 is 11.6 Å². The van der Waals surface area contributed by atoms with Crippen molar-refractivity contribution in [3.05, 3.63) is 21.6 Å². The highest BCUT2D eigenvalue weighted by molar-refractivity contribution is 6.32. The van der Waals surface area contributed by atoms with E-state index in [-0.39, 0.29) is 10.6 Å². The summed E-state index contributed by atoms with van der Waals surface area (Å²) < 4.78 is 0. The molecule has 0 bridgehead atoms. The zero-order valence-corrected chi connectivity index (χ0v) is 10.0. The molecule has 1 aliphatic rings. The summed E-state index contributed by atoms with van der Waals surface area (Å²) in [6.07, 6.45) is 6.29. The van der Waals surface area contributed by atoms with E-state index in [1.54, 1.807) is 6.20 Å². The van der Waals surface area contributed by atoms with E-state index in [2.05, 4.69) is 22.4 Å². The molecule has 16 heavy (non-hydrogen) atoms. The van der Waals surface area contributed by atoms with Gasteiger partial charge in [-0.25, -0.2) is 5.10 Å². The van der Waals surface area contributed by atoms with Crippen LogP contribution in [0.3, 0.4) is 0 Å². The van der Waals surface area contributed by atoms with Gasteiger partial charge in [-0.15, -0.1) is 0 Å². The second-order valence-electron chi connectivity index (χ2n) is 4.53. The molecule has 1 aromatic rings. The van der Waals surface area contributed by atoms with Gasteiger partial charge in [0, 0.05) is 6.04 Å². The van der Waals surface area contributed by atoms with Crippen LogP contribution in [0.25, 0.3) is 0 Å². The fourth-order valence-corrected chi connectivity index (χ4v) is 2.25. The van der Waals surface area contributed by atoms with Crippen LogP contribution in [0.5, 0.6) is 0 Å². The highest BCUT2D eigenvalue weighted by Crippen LogP contribution is 2.27. The molecule has 5 heteroatoms. The zero-order chi connectivity index (χ0) is 11.5. The molecule has 0 radical (unpaired) electrons. The van der Waals surface area contributed by atoms with Crippen molar-refractivity contribution in [3.63, 3.8) is 0 Å². The number of H-pyrrole nitrogens is 1. The summed E-state index contributed by atoms with van der Waals surface area (Å²) in [5.74, 6) is 0.811. The molecule has 0 saturated heterocycles. The summed E-state index contributed by atoms with van der Waals surface area (Å²) in [5, 5.41) is 9.55. The number of hydrogen-bond acceptors (Lipinski definition) is 3. The average molecular weight is 242 g/mol. The number of hydrogen-bond donors (Lipinski definition) is 2. The molecule has 0 unspecified atom stereocenters. The molecule has 4 nitrogen and oxygen atoms in total. The van der Waals surface area contributed by atoms with Gasteiger partial charge < -0.3 is 5.32 Å². The minimum Gasteiger partial charge on any atom is -0.380 e. The SMILES string of the molecule is CC1CCC(Nc2cn[nH]c(=O)c2Cl)CC1. The molecule has 0 aliphatic heterocycles. The summed E-state index contributed by atoms with van der Waals surface area (Å²) in [7, 11) is 0. The summed E-state index contributed by atoms with van der Waals surface area (Å²) in [4.78, 5) is 11.2. The molecular formula is C11H16ClN3O. The van der Waals surface area contributed by atoms with Gasteiger partial charge in [0.2, 0.25) is 0 Å². The van der Waals surface area contributed by atoms with Crippen molar-refractivity contribution in [3.8, 4) is 0 Å². The first kappa shape index (κ1) is 11.5. The van der Waals surface area contributed by atoms with E-state index in [4.69, 9.17) is 11.6 Å². The molecule has 0 aromatic carbocycles. The predicted molar refractivity (Wildman–Crippen MR) is 64.9 cm³/mol. The monoisotopic (exact) mass is 241 g/mol. The molecule has 1 saturated carbocycles. The van der Waals surface area contributed by atoms with Gasteiger partial charge in [0.1, 0.15) is 5.02 Å². The molecular weight excluding hydrogens is 226 g/mol. The molecule has 1 heterocycles. The van der Waals surface area contributed by atoms with Crippen molar-refractivity contribution in [2.24, 2.45) is 5.92 Å². The molecule has 1 aromatic heterocycles. The Hall–Kier alpha value is -1.03. The Labute approximate surface area is 99.4 Å². The highest BCUT2D eigenvalue weighted by atomic mass is 35.5. The maximum Gasteiger partial charge on any atom is 0.285 e. The van der Waals surface area contributed by atoms with Crippen LogP contribution in [-0.2, 0) is 0 Å². The zero-order valence-electron chi connectivity index (χ0n) is 9.29. The normalized spacial score (nSPS) is 25.4. The number of nitrogens with one attached hydrogen (secondary N) is 2. The molecule has 0 amide bonds. The van der Waals surface area contributed by atoms with Crippen molar-refractivity contribution in [2.75, 3.05) is 5.32 Å². The minimum absolute atomic E-state index is 0.202. The average Bonchev–Trinajstić information content (AvgIpc) is 2.28. The van der Waals surface area contributed by atoms with E-state index in [0.717, 1.165) is 18.8 Å². The Kier molecular flexibility index (Phi) is 3.49. The number of anilines is 1. The fraction of sp³-hybridized carbons (Fsp3) is 0.636. The first-order valence-corrected chi connectivity index (χ1v) is 6.04. The van der Waals surface area contributed by atoms with Crippen LogP contribution in [0.1, 0.15) is 32.6 Å². The summed E-state index contributed by atoms with van der Waals surface area (Å²) in [6, 6.07) is 0.414. The van der Waals surface area contributed by atoms with Crippen molar-refractivity contribution in [1.82, 2.24) is 10.2 Å². The lowest BCUT2D eigenvalue weighted by atomic mass is 9.87.